The summed E-state index contributed by atoms with van der Waals surface area (Å²) < 4.78 is 16.6. The van der Waals surface area contributed by atoms with Crippen LogP contribution in [0.4, 0.5) is 10.2 Å². The number of anilines is 1. The van der Waals surface area contributed by atoms with Crippen LogP contribution in [0.2, 0.25) is 0 Å². The molecule has 0 radical (unpaired) electrons. The average molecular weight is 444 g/mol. The van der Waals surface area contributed by atoms with Crippen LogP contribution in [0, 0.1) is 18.2 Å². The molecule has 0 bridgehead atoms. The van der Waals surface area contributed by atoms with Crippen LogP contribution in [0.3, 0.4) is 0 Å². The van der Waals surface area contributed by atoms with Crippen molar-refractivity contribution in [2.45, 2.75) is 32.2 Å². The van der Waals surface area contributed by atoms with E-state index in [1.807, 2.05) is 36.8 Å². The third-order valence-electron chi connectivity index (χ3n) is 6.55. The Bertz CT molecular complexity index is 1050. The van der Waals surface area contributed by atoms with Gasteiger partial charge < -0.3 is 10.2 Å². The zero-order valence-electron chi connectivity index (χ0n) is 16.0. The molecule has 0 saturated carbocycles. The maximum Gasteiger partial charge on any atom is 0.155 e. The van der Waals surface area contributed by atoms with Crippen LogP contribution in [0.5, 0.6) is 0 Å². The monoisotopic (exact) mass is 443 g/mol. The Kier molecular flexibility index (Phi) is 4.21. The van der Waals surface area contributed by atoms with Crippen molar-refractivity contribution >= 4 is 27.3 Å². The van der Waals surface area contributed by atoms with Crippen LogP contribution < -0.4 is 10.2 Å². The first kappa shape index (κ1) is 18.1. The number of hydrogen-bond donors (Lipinski definition) is 1. The maximum absolute atomic E-state index is 13.8. The second-order valence-corrected chi connectivity index (χ2v) is 8.78. The zero-order valence-corrected chi connectivity index (χ0v) is 17.6. The van der Waals surface area contributed by atoms with Gasteiger partial charge in [-0.05, 0) is 83.9 Å². The van der Waals surface area contributed by atoms with Gasteiger partial charge in [-0.2, -0.15) is 5.10 Å². The Morgan fingerprint density at radius 2 is 2.04 bits per heavy atom. The quantitative estimate of drug-likeness (QED) is 0.648. The fourth-order valence-corrected chi connectivity index (χ4v) is 5.55. The number of benzene rings is 1. The van der Waals surface area contributed by atoms with E-state index in [-0.39, 0.29) is 17.3 Å². The van der Waals surface area contributed by atoms with E-state index >= 15 is 0 Å². The molecule has 1 unspecified atom stereocenters. The van der Waals surface area contributed by atoms with E-state index in [0.717, 1.165) is 59.5 Å². The SMILES string of the molecule is CNC1c2cc(F)ccc2CC12CCN(c1nc(C)c(Br)n3nccc13)CC2. The number of fused-ring (bicyclic) bond motifs is 2. The smallest absolute Gasteiger partial charge is 0.155 e. The third-order valence-corrected chi connectivity index (χ3v) is 7.46. The minimum absolute atomic E-state index is 0.141. The second kappa shape index (κ2) is 6.52. The van der Waals surface area contributed by atoms with Gasteiger partial charge in [-0.3, -0.25) is 0 Å². The van der Waals surface area contributed by atoms with Crippen LogP contribution in [-0.4, -0.2) is 34.7 Å². The van der Waals surface area contributed by atoms with Crippen molar-refractivity contribution in [1.29, 1.82) is 0 Å². The summed E-state index contributed by atoms with van der Waals surface area (Å²) in [4.78, 5) is 7.23. The first-order chi connectivity index (χ1) is 13.5. The average Bonchev–Trinajstić information content (AvgIpc) is 3.28. The number of aromatic nitrogens is 3. The minimum Gasteiger partial charge on any atom is -0.355 e. The Hall–Kier alpha value is -1.99. The molecule has 3 heterocycles. The van der Waals surface area contributed by atoms with E-state index < -0.39 is 0 Å². The fourth-order valence-electron chi connectivity index (χ4n) is 5.18. The van der Waals surface area contributed by atoms with Crippen molar-refractivity contribution < 1.29 is 4.39 Å². The van der Waals surface area contributed by atoms with Crippen molar-refractivity contribution in [2.75, 3.05) is 25.0 Å². The van der Waals surface area contributed by atoms with Crippen LogP contribution in [0.1, 0.15) is 35.7 Å². The van der Waals surface area contributed by atoms with Crippen molar-refractivity contribution in [3.8, 4) is 0 Å². The van der Waals surface area contributed by atoms with Crippen molar-refractivity contribution in [2.24, 2.45) is 5.41 Å². The second-order valence-electron chi connectivity index (χ2n) is 8.03. The minimum atomic E-state index is -0.147. The highest BCUT2D eigenvalue weighted by Gasteiger charge is 2.47. The van der Waals surface area contributed by atoms with Crippen LogP contribution in [0.15, 0.2) is 35.1 Å². The molecule has 2 aliphatic rings. The van der Waals surface area contributed by atoms with Gasteiger partial charge in [-0.15, -0.1) is 0 Å². The van der Waals surface area contributed by atoms with Gasteiger partial charge in [-0.1, -0.05) is 6.07 Å². The Balaban J connectivity index is 1.45. The molecule has 146 valence electrons. The maximum atomic E-state index is 13.8. The van der Waals surface area contributed by atoms with E-state index in [0.29, 0.717) is 0 Å². The predicted molar refractivity (Wildman–Crippen MR) is 111 cm³/mol. The van der Waals surface area contributed by atoms with Crippen molar-refractivity contribution in [1.82, 2.24) is 19.9 Å². The summed E-state index contributed by atoms with van der Waals surface area (Å²) >= 11 is 3.59. The van der Waals surface area contributed by atoms with Gasteiger partial charge in [-0.25, -0.2) is 13.9 Å². The highest BCUT2D eigenvalue weighted by molar-refractivity contribution is 9.10. The Labute approximate surface area is 172 Å². The topological polar surface area (TPSA) is 45.5 Å². The van der Waals surface area contributed by atoms with Gasteiger partial charge in [0.2, 0.25) is 0 Å². The van der Waals surface area contributed by atoms with Gasteiger partial charge >= 0.3 is 0 Å². The predicted octanol–water partition coefficient (Wildman–Crippen LogP) is 4.04. The molecule has 5 nitrogen and oxygen atoms in total. The number of rotatable bonds is 2. The van der Waals surface area contributed by atoms with E-state index in [1.54, 1.807) is 12.1 Å². The highest BCUT2D eigenvalue weighted by atomic mass is 79.9. The molecule has 2 aromatic heterocycles. The normalized spacial score (nSPS) is 20.9. The van der Waals surface area contributed by atoms with Gasteiger partial charge in [0.25, 0.3) is 0 Å². The van der Waals surface area contributed by atoms with E-state index in [2.05, 4.69) is 31.2 Å². The third kappa shape index (κ3) is 2.59. The number of aryl methyl sites for hydroxylation is 1. The molecule has 0 amide bonds. The van der Waals surface area contributed by atoms with Crippen LogP contribution >= 0.6 is 15.9 Å². The van der Waals surface area contributed by atoms with E-state index in [9.17, 15) is 4.39 Å². The lowest BCUT2D eigenvalue weighted by Gasteiger charge is -2.43. The molecule has 1 N–H and O–H groups in total. The molecule has 3 aromatic rings. The summed E-state index contributed by atoms with van der Waals surface area (Å²) in [7, 11) is 1.99. The molecule has 1 aliphatic carbocycles. The van der Waals surface area contributed by atoms with Gasteiger partial charge in [0.15, 0.2) is 5.82 Å². The number of piperidine rings is 1. The van der Waals surface area contributed by atoms with Crippen LogP contribution in [0.25, 0.3) is 5.52 Å². The molecule has 1 atom stereocenters. The molecule has 1 saturated heterocycles. The lowest BCUT2D eigenvalue weighted by atomic mass is 9.73. The Morgan fingerprint density at radius 3 is 2.79 bits per heavy atom. The van der Waals surface area contributed by atoms with E-state index in [4.69, 9.17) is 4.98 Å². The summed E-state index contributed by atoms with van der Waals surface area (Å²) in [6, 6.07) is 7.49. The largest absolute Gasteiger partial charge is 0.355 e. The van der Waals surface area contributed by atoms with Gasteiger partial charge in [0.05, 0.1) is 11.9 Å². The lowest BCUT2D eigenvalue weighted by Crippen LogP contribution is -2.45. The van der Waals surface area contributed by atoms with Gasteiger partial charge in [0.1, 0.15) is 15.9 Å². The molecular weight excluding hydrogens is 421 g/mol. The molecular formula is C21H23BrFN5. The lowest BCUT2D eigenvalue weighted by molar-refractivity contribution is 0.167. The summed E-state index contributed by atoms with van der Waals surface area (Å²) in [6.07, 6.45) is 4.92. The first-order valence-electron chi connectivity index (χ1n) is 9.73. The molecule has 5 rings (SSSR count). The summed E-state index contributed by atoms with van der Waals surface area (Å²) in [5.74, 6) is 0.849. The first-order valence-corrected chi connectivity index (χ1v) is 10.5. The zero-order chi connectivity index (χ0) is 19.5. The number of halogens is 2. The summed E-state index contributed by atoms with van der Waals surface area (Å²) in [6.45, 7) is 3.87. The highest BCUT2D eigenvalue weighted by Crippen LogP contribution is 2.52. The molecule has 1 aliphatic heterocycles. The standard InChI is InChI=1S/C21H23BrFN5/c1-13-19(22)28-17(5-8-25-28)20(26-13)27-9-6-21(7-10-27)12-14-3-4-15(23)11-16(14)18(21)24-2/h3-5,8,11,18,24H,6-7,9-10,12H2,1-2H3. The van der Waals surface area contributed by atoms with Crippen molar-refractivity contribution in [3.05, 3.63) is 57.7 Å². The molecule has 28 heavy (non-hydrogen) atoms. The molecule has 1 spiro atoms. The van der Waals surface area contributed by atoms with Crippen molar-refractivity contribution in [3.63, 3.8) is 0 Å². The summed E-state index contributed by atoms with van der Waals surface area (Å²) in [5, 5.41) is 7.91. The molecule has 1 aromatic carbocycles. The number of nitrogens with zero attached hydrogens (tertiary/aromatic N) is 4. The van der Waals surface area contributed by atoms with Crippen LogP contribution in [-0.2, 0) is 6.42 Å². The Morgan fingerprint density at radius 1 is 1.25 bits per heavy atom. The fraction of sp³-hybridized carbons (Fsp3) is 0.429. The summed E-state index contributed by atoms with van der Waals surface area (Å²) in [5.41, 5.74) is 4.51. The number of nitrogens with one attached hydrogen (secondary N) is 1. The molecule has 1 fully saturated rings. The molecule has 7 heteroatoms. The van der Waals surface area contributed by atoms with Gasteiger partial charge in [0, 0.05) is 19.1 Å². The number of hydrogen-bond acceptors (Lipinski definition) is 4. The van der Waals surface area contributed by atoms with E-state index in [1.165, 1.54) is 5.56 Å².